The zero-order chi connectivity index (χ0) is 14.5. The van der Waals surface area contributed by atoms with E-state index in [4.69, 9.17) is 4.52 Å². The lowest BCUT2D eigenvalue weighted by atomic mass is 10.2. The summed E-state index contributed by atoms with van der Waals surface area (Å²) in [5.74, 6) is 0.662. The van der Waals surface area contributed by atoms with Gasteiger partial charge < -0.3 is 15.2 Å². The number of carbonyl (C=O) groups is 1. The Bertz CT molecular complexity index is 612. The van der Waals surface area contributed by atoms with Crippen molar-refractivity contribution in [3.05, 3.63) is 41.3 Å². The van der Waals surface area contributed by atoms with Crippen LogP contribution in [0.3, 0.4) is 0 Å². The zero-order valence-corrected chi connectivity index (χ0v) is 11.2. The average molecular weight is 278 g/mol. The summed E-state index contributed by atoms with van der Waals surface area (Å²) in [4.78, 5) is 15.7. The summed E-state index contributed by atoms with van der Waals surface area (Å²) in [6.07, 6.45) is 0.465. The molecule has 0 aliphatic rings. The van der Waals surface area contributed by atoms with Crippen LogP contribution in [0.15, 0.2) is 22.7 Å². The summed E-state index contributed by atoms with van der Waals surface area (Å²) in [5, 5.41) is 8.94. The summed E-state index contributed by atoms with van der Waals surface area (Å²) >= 11 is 0. The smallest absolute Gasteiger partial charge is 0.319 e. The molecule has 1 aromatic heterocycles. The van der Waals surface area contributed by atoms with E-state index in [1.807, 2.05) is 0 Å². The van der Waals surface area contributed by atoms with E-state index >= 15 is 0 Å². The monoisotopic (exact) mass is 278 g/mol. The van der Waals surface area contributed by atoms with Crippen LogP contribution >= 0.6 is 0 Å². The summed E-state index contributed by atoms with van der Waals surface area (Å²) in [6, 6.07) is 4.12. The molecule has 2 aromatic rings. The van der Waals surface area contributed by atoms with E-state index in [1.54, 1.807) is 26.0 Å². The van der Waals surface area contributed by atoms with Crippen LogP contribution in [0.1, 0.15) is 17.3 Å². The Labute approximate surface area is 115 Å². The van der Waals surface area contributed by atoms with Crippen LogP contribution in [0.5, 0.6) is 0 Å². The maximum Gasteiger partial charge on any atom is 0.319 e. The Hall–Kier alpha value is -2.44. The van der Waals surface area contributed by atoms with Crippen molar-refractivity contribution < 1.29 is 13.7 Å². The third-order valence-corrected chi connectivity index (χ3v) is 2.72. The highest BCUT2D eigenvalue weighted by molar-refractivity contribution is 5.90. The Balaban J connectivity index is 1.82. The van der Waals surface area contributed by atoms with Gasteiger partial charge in [-0.2, -0.15) is 4.98 Å². The molecule has 0 saturated heterocycles. The molecule has 2 rings (SSSR count). The molecule has 0 radical (unpaired) electrons. The fourth-order valence-corrected chi connectivity index (χ4v) is 1.64. The predicted octanol–water partition coefficient (Wildman–Crippen LogP) is 2.19. The van der Waals surface area contributed by atoms with Crippen LogP contribution in [0.2, 0.25) is 0 Å². The van der Waals surface area contributed by atoms with E-state index in [0.29, 0.717) is 35.9 Å². The van der Waals surface area contributed by atoms with E-state index in [2.05, 4.69) is 20.8 Å². The lowest BCUT2D eigenvalue weighted by Gasteiger charge is -2.09. The number of hydrogen-bond acceptors (Lipinski definition) is 4. The second kappa shape index (κ2) is 6.14. The normalized spacial score (nSPS) is 10.3. The first kappa shape index (κ1) is 14.0. The van der Waals surface area contributed by atoms with E-state index in [1.165, 1.54) is 6.07 Å². The molecule has 0 aliphatic heterocycles. The Morgan fingerprint density at radius 1 is 1.40 bits per heavy atom. The van der Waals surface area contributed by atoms with Gasteiger partial charge in [0.2, 0.25) is 5.89 Å². The van der Waals surface area contributed by atoms with Gasteiger partial charge in [-0.25, -0.2) is 9.18 Å². The molecule has 0 spiro atoms. The Kier molecular flexibility index (Phi) is 4.29. The molecule has 6 nitrogen and oxygen atoms in total. The molecule has 2 amide bonds. The molecule has 1 heterocycles. The number of nitrogens with one attached hydrogen (secondary N) is 2. The number of aryl methyl sites for hydroxylation is 1. The molecule has 0 saturated carbocycles. The predicted molar refractivity (Wildman–Crippen MR) is 70.9 cm³/mol. The Morgan fingerprint density at radius 2 is 2.20 bits per heavy atom. The number of nitrogens with zero attached hydrogens (tertiary/aromatic N) is 2. The van der Waals surface area contributed by atoms with Gasteiger partial charge in [-0.05, 0) is 19.1 Å². The highest BCUT2D eigenvalue weighted by Crippen LogP contribution is 2.16. The standard InChI is InChI=1S/C13H15FN4O2/c1-8-10(14)4-3-5-11(8)17-13(19)15-7-6-12-16-9(2)20-18-12/h3-5H,6-7H2,1-2H3,(H2,15,17,19). The largest absolute Gasteiger partial charge is 0.340 e. The first-order valence-electron chi connectivity index (χ1n) is 6.15. The van der Waals surface area contributed by atoms with Gasteiger partial charge in [0.25, 0.3) is 0 Å². The lowest BCUT2D eigenvalue weighted by molar-refractivity contribution is 0.252. The molecular weight excluding hydrogens is 263 g/mol. The summed E-state index contributed by atoms with van der Waals surface area (Å²) < 4.78 is 18.1. The van der Waals surface area contributed by atoms with Gasteiger partial charge in [-0.15, -0.1) is 0 Å². The lowest BCUT2D eigenvalue weighted by Crippen LogP contribution is -2.30. The van der Waals surface area contributed by atoms with Crippen LogP contribution in [0.4, 0.5) is 14.9 Å². The molecule has 0 fully saturated rings. The van der Waals surface area contributed by atoms with Crippen LogP contribution in [-0.4, -0.2) is 22.7 Å². The number of urea groups is 1. The van der Waals surface area contributed by atoms with Gasteiger partial charge in [-0.3, -0.25) is 0 Å². The van der Waals surface area contributed by atoms with Crippen molar-refractivity contribution in [3.63, 3.8) is 0 Å². The van der Waals surface area contributed by atoms with Crippen LogP contribution in [0.25, 0.3) is 0 Å². The molecule has 0 unspecified atom stereocenters. The molecule has 1 aromatic carbocycles. The van der Waals surface area contributed by atoms with Gasteiger partial charge in [-0.1, -0.05) is 11.2 Å². The fourth-order valence-electron chi connectivity index (χ4n) is 1.64. The van der Waals surface area contributed by atoms with Crippen molar-refractivity contribution in [1.29, 1.82) is 0 Å². The minimum Gasteiger partial charge on any atom is -0.340 e. The number of amides is 2. The molecule has 20 heavy (non-hydrogen) atoms. The van der Waals surface area contributed by atoms with E-state index in [9.17, 15) is 9.18 Å². The first-order chi connectivity index (χ1) is 9.56. The highest BCUT2D eigenvalue weighted by atomic mass is 19.1. The highest BCUT2D eigenvalue weighted by Gasteiger charge is 2.07. The number of anilines is 1. The third-order valence-electron chi connectivity index (χ3n) is 2.72. The van der Waals surface area contributed by atoms with E-state index < -0.39 is 6.03 Å². The zero-order valence-electron chi connectivity index (χ0n) is 11.2. The number of aromatic nitrogens is 2. The van der Waals surface area contributed by atoms with Crippen LogP contribution in [-0.2, 0) is 6.42 Å². The van der Waals surface area contributed by atoms with Gasteiger partial charge >= 0.3 is 6.03 Å². The molecule has 0 aliphatic carbocycles. The second-order valence-electron chi connectivity index (χ2n) is 4.27. The molecule has 7 heteroatoms. The SMILES string of the molecule is Cc1nc(CCNC(=O)Nc2cccc(F)c2C)no1. The Morgan fingerprint density at radius 3 is 2.90 bits per heavy atom. The summed E-state index contributed by atoms with van der Waals surface area (Å²) in [7, 11) is 0. The van der Waals surface area contributed by atoms with Crippen molar-refractivity contribution in [2.45, 2.75) is 20.3 Å². The van der Waals surface area contributed by atoms with Crippen LogP contribution in [0, 0.1) is 19.7 Å². The molecule has 2 N–H and O–H groups in total. The summed E-state index contributed by atoms with van der Waals surface area (Å²) in [6.45, 7) is 3.66. The number of halogens is 1. The van der Waals surface area contributed by atoms with Crippen molar-refractivity contribution in [2.24, 2.45) is 0 Å². The maximum atomic E-state index is 13.3. The molecule has 0 bridgehead atoms. The van der Waals surface area contributed by atoms with E-state index in [0.717, 1.165) is 0 Å². The number of hydrogen-bond donors (Lipinski definition) is 2. The van der Waals surface area contributed by atoms with Gasteiger partial charge in [0.05, 0.1) is 0 Å². The van der Waals surface area contributed by atoms with Crippen molar-refractivity contribution >= 4 is 11.7 Å². The summed E-state index contributed by atoms with van der Waals surface area (Å²) in [5.41, 5.74) is 0.842. The van der Waals surface area contributed by atoms with Gasteiger partial charge in [0, 0.05) is 31.1 Å². The first-order valence-corrected chi connectivity index (χ1v) is 6.15. The number of carbonyl (C=O) groups excluding carboxylic acids is 1. The van der Waals surface area contributed by atoms with Gasteiger partial charge in [0.15, 0.2) is 5.82 Å². The van der Waals surface area contributed by atoms with Crippen LogP contribution < -0.4 is 10.6 Å². The maximum absolute atomic E-state index is 13.3. The van der Waals surface area contributed by atoms with Crippen molar-refractivity contribution in [1.82, 2.24) is 15.5 Å². The van der Waals surface area contributed by atoms with Crippen molar-refractivity contribution in [3.8, 4) is 0 Å². The minimum absolute atomic E-state index is 0.356. The van der Waals surface area contributed by atoms with Crippen molar-refractivity contribution in [2.75, 3.05) is 11.9 Å². The minimum atomic E-state index is -0.404. The second-order valence-corrected chi connectivity index (χ2v) is 4.27. The quantitative estimate of drug-likeness (QED) is 0.898. The topological polar surface area (TPSA) is 80.0 Å². The average Bonchev–Trinajstić information content (AvgIpc) is 2.81. The molecule has 0 atom stereocenters. The van der Waals surface area contributed by atoms with E-state index in [-0.39, 0.29) is 5.82 Å². The van der Waals surface area contributed by atoms with Gasteiger partial charge in [0.1, 0.15) is 5.82 Å². The molecular formula is C13H15FN4O2. The molecule has 106 valence electrons. The number of rotatable bonds is 4. The fraction of sp³-hybridized carbons (Fsp3) is 0.308. The third kappa shape index (κ3) is 3.53. The number of benzene rings is 1.